The number of fused-ring (bicyclic) bond motifs is 1. The smallest absolute Gasteiger partial charge is 0.124 e. The third-order valence-corrected chi connectivity index (χ3v) is 4.11. The summed E-state index contributed by atoms with van der Waals surface area (Å²) >= 11 is 3.18. The molecule has 2 nitrogen and oxygen atoms in total. The van der Waals surface area contributed by atoms with Gasteiger partial charge in [-0.3, -0.25) is 0 Å². The summed E-state index contributed by atoms with van der Waals surface area (Å²) in [5.41, 5.74) is 0. The number of benzene rings is 1. The van der Waals surface area contributed by atoms with Crippen molar-refractivity contribution in [3.8, 4) is 5.75 Å². The highest BCUT2D eigenvalue weighted by atomic mass is 32.2. The number of phenols is 1. The highest BCUT2D eigenvalue weighted by Crippen LogP contribution is 2.38. The standard InChI is InChI=1S/C10H10O2S2/c1-13-9-3-2-8(12)7-4-6(5-11)14-10(7)9/h2-4,11-12H,5H2,1H3. The fourth-order valence-corrected chi connectivity index (χ4v) is 3.19. The van der Waals surface area contributed by atoms with Crippen LogP contribution >= 0.6 is 23.1 Å². The topological polar surface area (TPSA) is 40.5 Å². The number of aromatic hydroxyl groups is 1. The number of thiophene rings is 1. The van der Waals surface area contributed by atoms with E-state index in [9.17, 15) is 5.11 Å². The molecule has 14 heavy (non-hydrogen) atoms. The van der Waals surface area contributed by atoms with Crippen molar-refractivity contribution in [2.45, 2.75) is 11.5 Å². The number of rotatable bonds is 2. The zero-order valence-electron chi connectivity index (χ0n) is 7.65. The van der Waals surface area contributed by atoms with Crippen LogP contribution in [0.15, 0.2) is 23.1 Å². The molecular formula is C10H10O2S2. The molecule has 2 rings (SSSR count). The molecule has 0 unspecified atom stereocenters. The first-order valence-electron chi connectivity index (χ1n) is 4.15. The van der Waals surface area contributed by atoms with Gasteiger partial charge in [-0.25, -0.2) is 0 Å². The maximum Gasteiger partial charge on any atom is 0.124 e. The number of aliphatic hydroxyl groups excluding tert-OH is 1. The van der Waals surface area contributed by atoms with E-state index in [1.165, 1.54) is 11.3 Å². The highest BCUT2D eigenvalue weighted by Gasteiger charge is 2.08. The second-order valence-electron chi connectivity index (χ2n) is 2.90. The third kappa shape index (κ3) is 1.49. The summed E-state index contributed by atoms with van der Waals surface area (Å²) < 4.78 is 1.06. The van der Waals surface area contributed by atoms with E-state index < -0.39 is 0 Å². The Hall–Kier alpha value is -0.710. The first kappa shape index (κ1) is 9.83. The van der Waals surface area contributed by atoms with Crippen LogP contribution < -0.4 is 0 Å². The molecule has 0 radical (unpaired) electrons. The first-order chi connectivity index (χ1) is 6.76. The molecule has 0 bridgehead atoms. The maximum absolute atomic E-state index is 9.62. The van der Waals surface area contributed by atoms with Gasteiger partial charge in [-0.05, 0) is 24.5 Å². The zero-order chi connectivity index (χ0) is 10.1. The van der Waals surface area contributed by atoms with Crippen LogP contribution in [0.25, 0.3) is 10.1 Å². The summed E-state index contributed by atoms with van der Waals surface area (Å²) in [5, 5.41) is 19.5. The number of hydrogen-bond donors (Lipinski definition) is 2. The molecule has 1 aromatic carbocycles. The minimum atomic E-state index is 0.0343. The van der Waals surface area contributed by atoms with Crippen LogP contribution in [-0.4, -0.2) is 16.5 Å². The van der Waals surface area contributed by atoms with E-state index >= 15 is 0 Å². The minimum absolute atomic E-state index is 0.0343. The van der Waals surface area contributed by atoms with Crippen molar-refractivity contribution in [3.05, 3.63) is 23.1 Å². The lowest BCUT2D eigenvalue weighted by Crippen LogP contribution is -1.71. The summed E-state index contributed by atoms with van der Waals surface area (Å²) in [6, 6.07) is 5.44. The monoisotopic (exact) mass is 226 g/mol. The normalized spacial score (nSPS) is 11.0. The van der Waals surface area contributed by atoms with Gasteiger partial charge in [0.2, 0.25) is 0 Å². The number of phenolic OH excluding ortho intramolecular Hbond substituents is 1. The predicted molar refractivity (Wildman–Crippen MR) is 61.2 cm³/mol. The number of thioether (sulfide) groups is 1. The van der Waals surface area contributed by atoms with Gasteiger partial charge >= 0.3 is 0 Å². The van der Waals surface area contributed by atoms with Crippen LogP contribution in [0.4, 0.5) is 0 Å². The van der Waals surface area contributed by atoms with Crippen molar-refractivity contribution in [2.75, 3.05) is 6.26 Å². The lowest BCUT2D eigenvalue weighted by atomic mass is 10.2. The Labute approximate surface area is 90.2 Å². The highest BCUT2D eigenvalue weighted by molar-refractivity contribution is 7.99. The molecule has 0 saturated heterocycles. The molecule has 0 fully saturated rings. The fraction of sp³-hybridized carbons (Fsp3) is 0.200. The molecule has 1 aromatic heterocycles. The van der Waals surface area contributed by atoms with Crippen molar-refractivity contribution in [2.24, 2.45) is 0 Å². The lowest BCUT2D eigenvalue weighted by molar-refractivity contribution is 0.285. The molecule has 0 aliphatic heterocycles. The maximum atomic E-state index is 9.62. The third-order valence-electron chi connectivity index (χ3n) is 2.05. The molecule has 74 valence electrons. The van der Waals surface area contributed by atoms with Crippen molar-refractivity contribution in [3.63, 3.8) is 0 Å². The van der Waals surface area contributed by atoms with E-state index in [-0.39, 0.29) is 12.4 Å². The van der Waals surface area contributed by atoms with Gasteiger partial charge in [0.05, 0.1) is 11.3 Å². The molecule has 0 atom stereocenters. The van der Waals surface area contributed by atoms with Gasteiger partial charge in [-0.1, -0.05) is 0 Å². The van der Waals surface area contributed by atoms with Crippen molar-refractivity contribution >= 4 is 33.2 Å². The van der Waals surface area contributed by atoms with Crippen LogP contribution in [0, 0.1) is 0 Å². The Balaban J connectivity index is 2.74. The van der Waals surface area contributed by atoms with E-state index in [1.54, 1.807) is 17.8 Å². The molecule has 0 spiro atoms. The van der Waals surface area contributed by atoms with Gasteiger partial charge in [0.1, 0.15) is 5.75 Å². The second-order valence-corrected chi connectivity index (χ2v) is 4.89. The Morgan fingerprint density at radius 3 is 2.86 bits per heavy atom. The quantitative estimate of drug-likeness (QED) is 0.774. The van der Waals surface area contributed by atoms with Crippen LogP contribution in [-0.2, 0) is 6.61 Å². The fourth-order valence-electron chi connectivity index (χ4n) is 1.37. The van der Waals surface area contributed by atoms with E-state index in [2.05, 4.69) is 0 Å². The Kier molecular flexibility index (Phi) is 2.67. The van der Waals surface area contributed by atoms with Gasteiger partial charge in [0.25, 0.3) is 0 Å². The molecule has 0 amide bonds. The summed E-state index contributed by atoms with van der Waals surface area (Å²) in [7, 11) is 0. The molecule has 0 aliphatic rings. The average molecular weight is 226 g/mol. The van der Waals surface area contributed by atoms with E-state index in [4.69, 9.17) is 5.11 Å². The van der Waals surface area contributed by atoms with E-state index in [0.29, 0.717) is 0 Å². The molecule has 2 N–H and O–H groups in total. The minimum Gasteiger partial charge on any atom is -0.507 e. The van der Waals surface area contributed by atoms with E-state index in [0.717, 1.165) is 19.9 Å². The lowest BCUT2D eigenvalue weighted by Gasteiger charge is -1.99. The van der Waals surface area contributed by atoms with Crippen LogP contribution in [0.5, 0.6) is 5.75 Å². The predicted octanol–water partition coefficient (Wildman–Crippen LogP) is 2.82. The summed E-state index contributed by atoms with van der Waals surface area (Å²) in [4.78, 5) is 2.03. The number of aliphatic hydroxyl groups is 1. The first-order valence-corrected chi connectivity index (χ1v) is 6.19. The SMILES string of the molecule is CSc1ccc(O)c2cc(CO)sc12. The van der Waals surface area contributed by atoms with Crippen LogP contribution in [0.2, 0.25) is 0 Å². The average Bonchev–Trinajstić information content (AvgIpc) is 2.63. The summed E-state index contributed by atoms with van der Waals surface area (Å²) in [6.07, 6.45) is 2.00. The van der Waals surface area contributed by atoms with Crippen LogP contribution in [0.1, 0.15) is 4.88 Å². The van der Waals surface area contributed by atoms with Crippen LogP contribution in [0.3, 0.4) is 0 Å². The Morgan fingerprint density at radius 1 is 1.43 bits per heavy atom. The number of hydrogen-bond acceptors (Lipinski definition) is 4. The van der Waals surface area contributed by atoms with Gasteiger partial charge in [0.15, 0.2) is 0 Å². The molecule has 0 saturated carbocycles. The van der Waals surface area contributed by atoms with Gasteiger partial charge < -0.3 is 10.2 Å². The largest absolute Gasteiger partial charge is 0.507 e. The molecule has 4 heteroatoms. The summed E-state index contributed by atoms with van der Waals surface area (Å²) in [6.45, 7) is 0.0343. The molecule has 2 aromatic rings. The zero-order valence-corrected chi connectivity index (χ0v) is 9.28. The second kappa shape index (κ2) is 3.81. The molecular weight excluding hydrogens is 216 g/mol. The summed E-state index contributed by atoms with van der Waals surface area (Å²) in [5.74, 6) is 0.286. The van der Waals surface area contributed by atoms with Gasteiger partial charge in [-0.2, -0.15) is 0 Å². The Bertz CT molecular complexity index is 462. The van der Waals surface area contributed by atoms with Crippen molar-refractivity contribution in [1.82, 2.24) is 0 Å². The molecule has 0 aliphatic carbocycles. The molecule has 1 heterocycles. The van der Waals surface area contributed by atoms with Gasteiger partial charge in [-0.15, -0.1) is 23.1 Å². The van der Waals surface area contributed by atoms with E-state index in [1.807, 2.05) is 18.4 Å². The Morgan fingerprint density at radius 2 is 2.21 bits per heavy atom. The van der Waals surface area contributed by atoms with Gasteiger partial charge in [0, 0.05) is 15.2 Å². The van der Waals surface area contributed by atoms with Crippen molar-refractivity contribution < 1.29 is 10.2 Å². The van der Waals surface area contributed by atoms with Crippen molar-refractivity contribution in [1.29, 1.82) is 0 Å².